The SMILES string of the molecule is Cl.NCc1ccc(-c2ncn(-c3ccc(OC(F)(F)F)cc3)n2)cc1. The molecular formula is C16H14ClF3N4O. The molecule has 0 fully saturated rings. The molecule has 0 radical (unpaired) electrons. The molecule has 1 aromatic heterocycles. The number of nitrogens with two attached hydrogens (primary N) is 1. The lowest BCUT2D eigenvalue weighted by Gasteiger charge is -2.09. The molecule has 3 rings (SSSR count). The lowest BCUT2D eigenvalue weighted by molar-refractivity contribution is -0.274. The van der Waals surface area contributed by atoms with Gasteiger partial charge in [-0.25, -0.2) is 9.67 Å². The second-order valence-corrected chi connectivity index (χ2v) is 4.96. The van der Waals surface area contributed by atoms with Gasteiger partial charge in [-0.2, -0.15) is 0 Å². The van der Waals surface area contributed by atoms with E-state index in [1.54, 1.807) is 0 Å². The molecule has 0 spiro atoms. The van der Waals surface area contributed by atoms with Gasteiger partial charge in [-0.05, 0) is 29.8 Å². The summed E-state index contributed by atoms with van der Waals surface area (Å²) < 4.78 is 41.8. The molecule has 3 aromatic rings. The molecule has 132 valence electrons. The zero-order valence-electron chi connectivity index (χ0n) is 12.8. The molecule has 0 bridgehead atoms. The van der Waals surface area contributed by atoms with Crippen LogP contribution >= 0.6 is 12.4 Å². The van der Waals surface area contributed by atoms with Crippen molar-refractivity contribution >= 4 is 12.4 Å². The molecule has 2 N–H and O–H groups in total. The lowest BCUT2D eigenvalue weighted by atomic mass is 10.1. The average molecular weight is 371 g/mol. The van der Waals surface area contributed by atoms with Gasteiger partial charge in [0.25, 0.3) is 0 Å². The van der Waals surface area contributed by atoms with Crippen LogP contribution in [0.1, 0.15) is 5.56 Å². The summed E-state index contributed by atoms with van der Waals surface area (Å²) in [7, 11) is 0. The van der Waals surface area contributed by atoms with E-state index in [2.05, 4.69) is 14.8 Å². The van der Waals surface area contributed by atoms with Gasteiger partial charge in [0.15, 0.2) is 5.82 Å². The van der Waals surface area contributed by atoms with Crippen molar-refractivity contribution in [3.8, 4) is 22.8 Å². The van der Waals surface area contributed by atoms with Crippen LogP contribution in [-0.2, 0) is 6.54 Å². The van der Waals surface area contributed by atoms with Crippen LogP contribution in [-0.4, -0.2) is 21.1 Å². The third-order valence-electron chi connectivity index (χ3n) is 3.27. The van der Waals surface area contributed by atoms with Crippen LogP contribution in [0.25, 0.3) is 17.1 Å². The first-order valence-corrected chi connectivity index (χ1v) is 7.02. The van der Waals surface area contributed by atoms with Crippen LogP contribution in [0.2, 0.25) is 0 Å². The Balaban J connectivity index is 0.00000225. The van der Waals surface area contributed by atoms with Crippen molar-refractivity contribution in [3.63, 3.8) is 0 Å². The Morgan fingerprint density at radius 2 is 1.64 bits per heavy atom. The van der Waals surface area contributed by atoms with Gasteiger partial charge in [0.1, 0.15) is 12.1 Å². The number of aromatic nitrogens is 3. The molecular weight excluding hydrogens is 357 g/mol. The first-order chi connectivity index (χ1) is 11.4. The van der Waals surface area contributed by atoms with Gasteiger partial charge in [-0.3, -0.25) is 0 Å². The number of halogens is 4. The molecule has 0 saturated heterocycles. The number of benzene rings is 2. The second kappa shape index (κ2) is 7.54. The molecule has 0 amide bonds. The predicted octanol–water partition coefficient (Wildman–Crippen LogP) is 3.71. The van der Waals surface area contributed by atoms with Gasteiger partial charge in [-0.1, -0.05) is 24.3 Å². The first-order valence-electron chi connectivity index (χ1n) is 7.02. The zero-order chi connectivity index (χ0) is 17.2. The Kier molecular flexibility index (Phi) is 5.66. The monoisotopic (exact) mass is 370 g/mol. The minimum atomic E-state index is -4.71. The molecule has 0 aliphatic carbocycles. The maximum Gasteiger partial charge on any atom is 0.573 e. The third-order valence-corrected chi connectivity index (χ3v) is 3.27. The topological polar surface area (TPSA) is 66.0 Å². The summed E-state index contributed by atoms with van der Waals surface area (Å²) in [4.78, 5) is 4.21. The highest BCUT2D eigenvalue weighted by molar-refractivity contribution is 5.85. The highest BCUT2D eigenvalue weighted by atomic mass is 35.5. The summed E-state index contributed by atoms with van der Waals surface area (Å²) in [6.45, 7) is 0.453. The number of hydrogen-bond acceptors (Lipinski definition) is 4. The fourth-order valence-electron chi connectivity index (χ4n) is 2.11. The van der Waals surface area contributed by atoms with E-state index in [0.29, 0.717) is 18.1 Å². The zero-order valence-corrected chi connectivity index (χ0v) is 13.6. The lowest BCUT2D eigenvalue weighted by Crippen LogP contribution is -2.17. The van der Waals surface area contributed by atoms with Crippen LogP contribution < -0.4 is 10.5 Å². The number of hydrogen-bond donors (Lipinski definition) is 1. The van der Waals surface area contributed by atoms with Crippen molar-refractivity contribution in [1.29, 1.82) is 0 Å². The van der Waals surface area contributed by atoms with E-state index in [0.717, 1.165) is 11.1 Å². The maximum absolute atomic E-state index is 12.2. The van der Waals surface area contributed by atoms with Crippen molar-refractivity contribution in [2.45, 2.75) is 12.9 Å². The molecule has 9 heteroatoms. The highest BCUT2D eigenvalue weighted by Crippen LogP contribution is 2.24. The van der Waals surface area contributed by atoms with E-state index < -0.39 is 6.36 Å². The van der Waals surface area contributed by atoms with Crippen molar-refractivity contribution in [1.82, 2.24) is 14.8 Å². The Morgan fingerprint density at radius 1 is 1.00 bits per heavy atom. The normalized spacial score (nSPS) is 11.0. The summed E-state index contributed by atoms with van der Waals surface area (Å²) in [5.74, 6) is 0.221. The molecule has 2 aromatic carbocycles. The van der Waals surface area contributed by atoms with Crippen molar-refractivity contribution in [2.75, 3.05) is 0 Å². The summed E-state index contributed by atoms with van der Waals surface area (Å²) in [6.07, 6.45) is -3.22. The standard InChI is InChI=1S/C16H13F3N4O.ClH/c17-16(18,19)24-14-7-5-13(6-8-14)23-10-21-15(22-23)12-3-1-11(9-20)2-4-12;/h1-8,10H,9,20H2;1H. The Bertz CT molecular complexity index is 817. The van der Waals surface area contributed by atoms with Crippen LogP contribution in [0.15, 0.2) is 54.9 Å². The van der Waals surface area contributed by atoms with E-state index in [1.165, 1.54) is 35.3 Å². The van der Waals surface area contributed by atoms with E-state index in [4.69, 9.17) is 5.73 Å². The molecule has 1 heterocycles. The van der Waals surface area contributed by atoms with Gasteiger partial charge in [0.2, 0.25) is 0 Å². The highest BCUT2D eigenvalue weighted by Gasteiger charge is 2.30. The molecule has 5 nitrogen and oxygen atoms in total. The van der Waals surface area contributed by atoms with Gasteiger partial charge in [-0.15, -0.1) is 30.7 Å². The van der Waals surface area contributed by atoms with Crippen molar-refractivity contribution < 1.29 is 17.9 Å². The van der Waals surface area contributed by atoms with E-state index in [-0.39, 0.29) is 18.2 Å². The van der Waals surface area contributed by atoms with E-state index in [1.807, 2.05) is 24.3 Å². The second-order valence-electron chi connectivity index (χ2n) is 4.96. The first kappa shape index (κ1) is 18.8. The van der Waals surface area contributed by atoms with Gasteiger partial charge >= 0.3 is 6.36 Å². The maximum atomic E-state index is 12.2. The van der Waals surface area contributed by atoms with E-state index >= 15 is 0 Å². The number of ether oxygens (including phenoxy) is 1. The molecule has 25 heavy (non-hydrogen) atoms. The van der Waals surface area contributed by atoms with Crippen LogP contribution in [0.4, 0.5) is 13.2 Å². The smallest absolute Gasteiger partial charge is 0.406 e. The summed E-state index contributed by atoms with van der Waals surface area (Å²) in [5.41, 5.74) is 7.95. The largest absolute Gasteiger partial charge is 0.573 e. The number of alkyl halides is 3. The van der Waals surface area contributed by atoms with Gasteiger partial charge in [0.05, 0.1) is 5.69 Å². The number of nitrogens with zero attached hydrogens (tertiary/aromatic N) is 3. The quantitative estimate of drug-likeness (QED) is 0.760. The molecule has 0 unspecified atom stereocenters. The number of rotatable bonds is 4. The van der Waals surface area contributed by atoms with Crippen LogP contribution in [0.3, 0.4) is 0 Å². The summed E-state index contributed by atoms with van der Waals surface area (Å²) >= 11 is 0. The minimum Gasteiger partial charge on any atom is -0.406 e. The van der Waals surface area contributed by atoms with Crippen molar-refractivity contribution in [3.05, 3.63) is 60.4 Å². The van der Waals surface area contributed by atoms with Gasteiger partial charge < -0.3 is 10.5 Å². The molecule has 0 aliphatic rings. The summed E-state index contributed by atoms with van der Waals surface area (Å²) in [5, 5.41) is 4.32. The van der Waals surface area contributed by atoms with E-state index in [9.17, 15) is 13.2 Å². The van der Waals surface area contributed by atoms with Crippen LogP contribution in [0, 0.1) is 0 Å². The fourth-order valence-corrected chi connectivity index (χ4v) is 2.11. The van der Waals surface area contributed by atoms with Crippen LogP contribution in [0.5, 0.6) is 5.75 Å². The Hall–Kier alpha value is -2.58. The predicted molar refractivity (Wildman–Crippen MR) is 88.6 cm³/mol. The average Bonchev–Trinajstić information content (AvgIpc) is 3.04. The summed E-state index contributed by atoms with van der Waals surface area (Å²) in [6, 6.07) is 12.9. The fraction of sp³-hybridized carbons (Fsp3) is 0.125. The minimum absolute atomic E-state index is 0. The molecule has 0 atom stereocenters. The Labute approximate surface area is 147 Å². The molecule has 0 aliphatic heterocycles. The third kappa shape index (κ3) is 4.71. The molecule has 0 saturated carbocycles. The van der Waals surface area contributed by atoms with Crippen molar-refractivity contribution in [2.24, 2.45) is 5.73 Å². The Morgan fingerprint density at radius 3 is 2.20 bits per heavy atom. The van der Waals surface area contributed by atoms with Gasteiger partial charge in [0, 0.05) is 12.1 Å².